The van der Waals surface area contributed by atoms with Gasteiger partial charge in [-0.1, -0.05) is 30.3 Å². The van der Waals surface area contributed by atoms with Crippen LogP contribution in [0.2, 0.25) is 0 Å². The molecule has 2 rings (SSSR count). The molecule has 4 atom stereocenters. The van der Waals surface area contributed by atoms with Gasteiger partial charge >= 0.3 is 6.09 Å². The Morgan fingerprint density at radius 3 is 2.50 bits per heavy atom. The number of hydrogen-bond acceptors (Lipinski definition) is 6. The molecule has 1 aromatic carbocycles. The maximum absolute atomic E-state index is 12.1. The minimum Gasteiger partial charge on any atom is -0.445 e. The molecular weight excluding hydrogens is 290 g/mol. The van der Waals surface area contributed by atoms with Crippen molar-refractivity contribution in [3.8, 4) is 0 Å². The van der Waals surface area contributed by atoms with Crippen LogP contribution in [0.5, 0.6) is 0 Å². The summed E-state index contributed by atoms with van der Waals surface area (Å²) < 4.78 is 10.3. The van der Waals surface area contributed by atoms with E-state index in [2.05, 4.69) is 0 Å². The molecule has 0 spiro atoms. The summed E-state index contributed by atoms with van der Waals surface area (Å²) >= 11 is 0. The number of nitrogens with zero attached hydrogens (tertiary/aromatic N) is 1. The maximum atomic E-state index is 12.1. The highest BCUT2D eigenvalue weighted by Gasteiger charge is 2.39. The predicted molar refractivity (Wildman–Crippen MR) is 77.0 cm³/mol. The average Bonchev–Trinajstić information content (AvgIpc) is 2.65. The summed E-state index contributed by atoms with van der Waals surface area (Å²) in [5.74, 6) is 0. The molecule has 0 saturated carbocycles. The summed E-state index contributed by atoms with van der Waals surface area (Å²) in [5, 5.41) is 29.5. The number of rotatable bonds is 3. The SMILES string of the molecule is CO[C@H]1CN(C(=O)OCc2ccccc2)C[C@@H](O)[C@H](O)[C@@H]1O. The number of hydrogen-bond donors (Lipinski definition) is 3. The van der Waals surface area contributed by atoms with Crippen LogP contribution in [0, 0.1) is 0 Å². The number of amides is 1. The number of benzene rings is 1. The molecule has 7 heteroatoms. The highest BCUT2D eigenvalue weighted by atomic mass is 16.6. The lowest BCUT2D eigenvalue weighted by Crippen LogP contribution is -2.44. The van der Waals surface area contributed by atoms with Gasteiger partial charge in [-0.15, -0.1) is 0 Å². The van der Waals surface area contributed by atoms with Gasteiger partial charge in [-0.25, -0.2) is 4.79 Å². The van der Waals surface area contributed by atoms with Gasteiger partial charge in [0, 0.05) is 7.11 Å². The number of β-amino-alcohol motifs (C(OH)–C–C–N with tert-alkyl or cyclic N) is 1. The van der Waals surface area contributed by atoms with Crippen molar-refractivity contribution in [2.75, 3.05) is 20.2 Å². The largest absolute Gasteiger partial charge is 0.445 e. The van der Waals surface area contributed by atoms with Crippen molar-refractivity contribution in [3.05, 3.63) is 35.9 Å². The first-order chi connectivity index (χ1) is 10.5. The molecule has 1 fully saturated rings. The van der Waals surface area contributed by atoms with Gasteiger partial charge in [0.05, 0.1) is 13.1 Å². The van der Waals surface area contributed by atoms with Crippen molar-refractivity contribution in [3.63, 3.8) is 0 Å². The second-order valence-electron chi connectivity index (χ2n) is 5.27. The molecule has 0 unspecified atom stereocenters. The zero-order valence-corrected chi connectivity index (χ0v) is 12.3. The van der Waals surface area contributed by atoms with E-state index in [1.807, 2.05) is 30.3 Å². The summed E-state index contributed by atoms with van der Waals surface area (Å²) in [5.41, 5.74) is 0.842. The van der Waals surface area contributed by atoms with E-state index in [9.17, 15) is 20.1 Å². The van der Waals surface area contributed by atoms with Gasteiger partial charge in [0.1, 0.15) is 31.0 Å². The van der Waals surface area contributed by atoms with Crippen LogP contribution in [0.25, 0.3) is 0 Å². The molecule has 1 aromatic rings. The van der Waals surface area contributed by atoms with Gasteiger partial charge in [0.15, 0.2) is 0 Å². The Morgan fingerprint density at radius 1 is 1.18 bits per heavy atom. The lowest BCUT2D eigenvalue weighted by molar-refractivity contribution is -0.0993. The van der Waals surface area contributed by atoms with Crippen LogP contribution in [0.15, 0.2) is 30.3 Å². The predicted octanol–water partition coefficient (Wildman–Crippen LogP) is -0.263. The van der Waals surface area contributed by atoms with Crippen molar-refractivity contribution in [2.24, 2.45) is 0 Å². The summed E-state index contributed by atoms with van der Waals surface area (Å²) in [6.07, 6.45) is -5.34. The molecule has 0 aliphatic carbocycles. The van der Waals surface area contributed by atoms with Gasteiger partial charge in [-0.05, 0) is 5.56 Å². The highest BCUT2D eigenvalue weighted by Crippen LogP contribution is 2.16. The van der Waals surface area contributed by atoms with E-state index in [1.165, 1.54) is 12.0 Å². The van der Waals surface area contributed by atoms with Crippen molar-refractivity contribution in [1.82, 2.24) is 4.90 Å². The molecule has 22 heavy (non-hydrogen) atoms. The molecule has 0 radical (unpaired) electrons. The Bertz CT molecular complexity index is 482. The third-order valence-electron chi connectivity index (χ3n) is 3.70. The number of carbonyl (C=O) groups is 1. The Labute approximate surface area is 128 Å². The quantitative estimate of drug-likeness (QED) is 0.711. The van der Waals surface area contributed by atoms with Gasteiger partial charge in [0.2, 0.25) is 0 Å². The van der Waals surface area contributed by atoms with E-state index >= 15 is 0 Å². The van der Waals surface area contributed by atoms with Crippen LogP contribution < -0.4 is 0 Å². The van der Waals surface area contributed by atoms with Crippen LogP contribution in [-0.2, 0) is 16.1 Å². The number of methoxy groups -OCH3 is 1. The molecule has 1 heterocycles. The molecule has 1 aliphatic rings. The second-order valence-corrected chi connectivity index (χ2v) is 5.27. The lowest BCUT2D eigenvalue weighted by atomic mass is 10.1. The first-order valence-electron chi connectivity index (χ1n) is 7.05. The Morgan fingerprint density at radius 2 is 1.86 bits per heavy atom. The van der Waals surface area contributed by atoms with Crippen LogP contribution in [-0.4, -0.2) is 70.9 Å². The monoisotopic (exact) mass is 311 g/mol. The van der Waals surface area contributed by atoms with Gasteiger partial charge in [-0.3, -0.25) is 0 Å². The second kappa shape index (κ2) is 7.55. The minimum atomic E-state index is -1.38. The van der Waals surface area contributed by atoms with E-state index in [0.717, 1.165) is 5.56 Å². The Balaban J connectivity index is 1.98. The zero-order valence-electron chi connectivity index (χ0n) is 12.3. The normalized spacial score (nSPS) is 29.0. The number of ether oxygens (including phenoxy) is 2. The van der Waals surface area contributed by atoms with Crippen molar-refractivity contribution in [1.29, 1.82) is 0 Å². The average molecular weight is 311 g/mol. The number of aliphatic hydroxyl groups is 3. The summed E-state index contributed by atoms with van der Waals surface area (Å²) in [7, 11) is 1.37. The molecule has 0 bridgehead atoms. The lowest BCUT2D eigenvalue weighted by Gasteiger charge is -2.25. The smallest absolute Gasteiger partial charge is 0.410 e. The van der Waals surface area contributed by atoms with Crippen molar-refractivity contribution >= 4 is 6.09 Å². The fourth-order valence-electron chi connectivity index (χ4n) is 2.35. The van der Waals surface area contributed by atoms with E-state index in [-0.39, 0.29) is 19.7 Å². The van der Waals surface area contributed by atoms with Crippen LogP contribution in [0.3, 0.4) is 0 Å². The Hall–Kier alpha value is -1.67. The standard InChI is InChI=1S/C15H21NO6/c1-21-12-8-16(7-11(17)13(18)14(12)19)15(20)22-9-10-5-3-2-4-6-10/h2-6,11-14,17-19H,7-9H2,1H3/t11-,12+,13+,14-/m1/s1. The topological polar surface area (TPSA) is 99.5 Å². The van der Waals surface area contributed by atoms with E-state index in [1.54, 1.807) is 0 Å². The maximum Gasteiger partial charge on any atom is 0.410 e. The number of aliphatic hydroxyl groups excluding tert-OH is 3. The first kappa shape index (κ1) is 16.7. The summed E-state index contributed by atoms with van der Waals surface area (Å²) in [6.45, 7) is 0.000143. The summed E-state index contributed by atoms with van der Waals surface area (Å²) in [4.78, 5) is 13.3. The van der Waals surface area contributed by atoms with E-state index in [0.29, 0.717) is 0 Å². The number of carbonyl (C=O) groups excluding carboxylic acids is 1. The Kier molecular flexibility index (Phi) is 5.73. The molecule has 1 amide bonds. The molecule has 3 N–H and O–H groups in total. The minimum absolute atomic E-state index is 0.0272. The van der Waals surface area contributed by atoms with E-state index in [4.69, 9.17) is 9.47 Å². The van der Waals surface area contributed by atoms with E-state index < -0.39 is 30.5 Å². The van der Waals surface area contributed by atoms with Crippen LogP contribution >= 0.6 is 0 Å². The molecule has 1 saturated heterocycles. The summed E-state index contributed by atoms with van der Waals surface area (Å²) in [6, 6.07) is 9.20. The highest BCUT2D eigenvalue weighted by molar-refractivity contribution is 5.67. The van der Waals surface area contributed by atoms with Gasteiger partial charge in [0.25, 0.3) is 0 Å². The number of likely N-dealkylation sites (tertiary alicyclic amines) is 1. The van der Waals surface area contributed by atoms with Gasteiger partial charge in [-0.2, -0.15) is 0 Å². The fraction of sp³-hybridized carbons (Fsp3) is 0.533. The van der Waals surface area contributed by atoms with Crippen molar-refractivity contribution < 1.29 is 29.6 Å². The first-order valence-corrected chi connectivity index (χ1v) is 7.05. The van der Waals surface area contributed by atoms with Gasteiger partial charge < -0.3 is 29.7 Å². The molecule has 7 nitrogen and oxygen atoms in total. The third kappa shape index (κ3) is 3.95. The molecule has 122 valence electrons. The van der Waals surface area contributed by atoms with Crippen molar-refractivity contribution in [2.45, 2.75) is 31.0 Å². The molecule has 0 aromatic heterocycles. The third-order valence-corrected chi connectivity index (χ3v) is 3.70. The van der Waals surface area contributed by atoms with Crippen LogP contribution in [0.4, 0.5) is 4.79 Å². The molecular formula is C15H21NO6. The fourth-order valence-corrected chi connectivity index (χ4v) is 2.35. The molecule has 1 aliphatic heterocycles. The van der Waals surface area contributed by atoms with Crippen LogP contribution in [0.1, 0.15) is 5.56 Å². The zero-order chi connectivity index (χ0) is 16.1.